The number of hydrogen-bond donors (Lipinski definition) is 5. The molecule has 0 fully saturated rings. The van der Waals surface area contributed by atoms with Gasteiger partial charge in [-0.1, -0.05) is 42.5 Å². The summed E-state index contributed by atoms with van der Waals surface area (Å²) in [6.45, 7) is 0. The Morgan fingerprint density at radius 3 is 1.85 bits per heavy atom. The Labute approximate surface area is 198 Å². The average molecular weight is 498 g/mol. The van der Waals surface area contributed by atoms with Crippen LogP contribution in [0.2, 0.25) is 0 Å². The van der Waals surface area contributed by atoms with Gasteiger partial charge in [0.1, 0.15) is 21.4 Å². The lowest BCUT2D eigenvalue weighted by Crippen LogP contribution is -2.08. The lowest BCUT2D eigenvalue weighted by Gasteiger charge is -2.14. The number of aromatic hydroxyl groups is 5. The number of rotatable bonds is 2. The van der Waals surface area contributed by atoms with Crippen LogP contribution in [0, 0.1) is 0 Å². The molecule has 4 aromatic carbocycles. The van der Waals surface area contributed by atoms with Gasteiger partial charge in [0.25, 0.3) is 0 Å². The largest absolute Gasteiger partial charge is 0.506 e. The van der Waals surface area contributed by atoms with E-state index in [1.165, 1.54) is 0 Å². The van der Waals surface area contributed by atoms with Gasteiger partial charge in [0, 0.05) is 10.2 Å². The van der Waals surface area contributed by atoms with E-state index in [-0.39, 0.29) is 31.7 Å². The summed E-state index contributed by atoms with van der Waals surface area (Å²) in [6, 6.07) is 17.0. The number of fused-ring (bicyclic) bond motifs is 3. The highest BCUT2D eigenvalue weighted by atomic mass is 79.9. The zero-order valence-corrected chi connectivity index (χ0v) is 18.5. The van der Waals surface area contributed by atoms with Gasteiger partial charge < -0.3 is 30.1 Å². The maximum Gasteiger partial charge on any atom is 0.167 e. The van der Waals surface area contributed by atoms with Crippen molar-refractivity contribution in [2.24, 2.45) is 0 Å². The van der Waals surface area contributed by atoms with Gasteiger partial charge in [-0.25, -0.2) is 0 Å². The molecule has 0 unspecified atom stereocenters. The number of phenols is 5. The van der Waals surface area contributed by atoms with E-state index in [4.69, 9.17) is 15.7 Å². The molecule has 1 aromatic heterocycles. The monoisotopic (exact) mass is 497 g/mol. The van der Waals surface area contributed by atoms with Crippen molar-refractivity contribution >= 4 is 64.4 Å². The highest BCUT2D eigenvalue weighted by molar-refractivity contribution is 9.10. The van der Waals surface area contributed by atoms with Crippen molar-refractivity contribution in [1.82, 2.24) is 4.57 Å². The number of benzene rings is 4. The Kier molecular flexibility index (Phi) is 4.76. The summed E-state index contributed by atoms with van der Waals surface area (Å²) >= 11 is 3.37. The molecule has 0 bridgehead atoms. The molecule has 0 aliphatic heterocycles. The van der Waals surface area contributed by atoms with Gasteiger partial charge >= 0.3 is 0 Å². The molecule has 0 spiro atoms. The first kappa shape index (κ1) is 21.2. The Morgan fingerprint density at radius 2 is 1.18 bits per heavy atom. The van der Waals surface area contributed by atoms with Gasteiger partial charge in [-0.3, -0.25) is 0 Å². The van der Waals surface area contributed by atoms with Gasteiger partial charge in [-0.05, 0) is 50.1 Å². The van der Waals surface area contributed by atoms with Crippen LogP contribution in [-0.4, -0.2) is 45.8 Å². The smallest absolute Gasteiger partial charge is 0.167 e. The van der Waals surface area contributed by atoms with E-state index in [0.717, 1.165) is 11.1 Å². The molecule has 5 rings (SSSR count). The number of halogens is 1. The summed E-state index contributed by atoms with van der Waals surface area (Å²) in [6.07, 6.45) is 0. The number of aromatic nitrogens is 1. The van der Waals surface area contributed by atoms with Crippen LogP contribution in [0.1, 0.15) is 0 Å². The highest BCUT2D eigenvalue weighted by Crippen LogP contribution is 2.50. The predicted molar refractivity (Wildman–Crippen MR) is 133 cm³/mol. The molecule has 6 nitrogen and oxygen atoms in total. The van der Waals surface area contributed by atoms with Gasteiger partial charge in [0.2, 0.25) is 0 Å². The fourth-order valence-electron chi connectivity index (χ4n) is 4.14. The lowest BCUT2D eigenvalue weighted by atomic mass is 9.90. The number of nitrogens with zero attached hydrogens (tertiary/aromatic N) is 1. The second-order valence-corrected chi connectivity index (χ2v) is 8.38. The van der Waals surface area contributed by atoms with E-state index >= 15 is 0 Å². The first-order chi connectivity index (χ1) is 15.7. The van der Waals surface area contributed by atoms with Crippen molar-refractivity contribution in [3.05, 3.63) is 59.1 Å². The molecule has 5 N–H and O–H groups in total. The molecular formula is C24H14B2BrNO5. The van der Waals surface area contributed by atoms with Crippen LogP contribution in [-0.2, 0) is 0 Å². The summed E-state index contributed by atoms with van der Waals surface area (Å²) in [7, 11) is 11.9. The first-order valence-corrected chi connectivity index (χ1v) is 10.6. The summed E-state index contributed by atoms with van der Waals surface area (Å²) in [5, 5.41) is 52.9. The SMILES string of the molecule is [B]c1c(O)c(O)c2c3c(O)c(O)c([B])c(Br)c3n(-c3cccc(-c4ccccc4)c3)c2c1O. The molecule has 9 heteroatoms. The molecule has 0 amide bonds. The minimum atomic E-state index is -0.746. The van der Waals surface area contributed by atoms with Crippen LogP contribution >= 0.6 is 15.9 Å². The quantitative estimate of drug-likeness (QED) is 0.146. The predicted octanol–water partition coefficient (Wildman–Crippen LogP) is 3.33. The molecule has 5 aromatic rings. The molecule has 1 heterocycles. The maximum absolute atomic E-state index is 10.9. The van der Waals surface area contributed by atoms with E-state index in [1.807, 2.05) is 48.5 Å². The van der Waals surface area contributed by atoms with Crippen LogP contribution in [0.3, 0.4) is 0 Å². The van der Waals surface area contributed by atoms with Crippen molar-refractivity contribution in [2.75, 3.05) is 0 Å². The molecule has 0 aliphatic carbocycles. The highest BCUT2D eigenvalue weighted by Gasteiger charge is 2.29. The molecule has 0 aliphatic rings. The summed E-state index contributed by atoms with van der Waals surface area (Å²) in [5.41, 5.74) is 2.05. The van der Waals surface area contributed by atoms with E-state index in [0.29, 0.717) is 5.69 Å². The summed E-state index contributed by atoms with van der Waals surface area (Å²) in [5.74, 6) is -3.14. The first-order valence-electron chi connectivity index (χ1n) is 9.79. The third-order valence-corrected chi connectivity index (χ3v) is 6.54. The fraction of sp³-hybridized carbons (Fsp3) is 0. The van der Waals surface area contributed by atoms with E-state index in [1.54, 1.807) is 10.6 Å². The molecule has 0 atom stereocenters. The van der Waals surface area contributed by atoms with Crippen molar-refractivity contribution in [1.29, 1.82) is 0 Å². The Balaban J connectivity index is 2.02. The molecular weight excluding hydrogens is 484 g/mol. The Bertz CT molecular complexity index is 1520. The van der Waals surface area contributed by atoms with Crippen LogP contribution in [0.15, 0.2) is 59.1 Å². The molecule has 4 radical (unpaired) electrons. The van der Waals surface area contributed by atoms with Crippen LogP contribution in [0.4, 0.5) is 0 Å². The van der Waals surface area contributed by atoms with Crippen LogP contribution < -0.4 is 10.9 Å². The Morgan fingerprint density at radius 1 is 0.606 bits per heavy atom. The molecule has 158 valence electrons. The third-order valence-electron chi connectivity index (χ3n) is 5.74. The molecule has 33 heavy (non-hydrogen) atoms. The average Bonchev–Trinajstić information content (AvgIpc) is 3.20. The van der Waals surface area contributed by atoms with Crippen molar-refractivity contribution < 1.29 is 25.5 Å². The van der Waals surface area contributed by atoms with E-state index in [2.05, 4.69) is 15.9 Å². The lowest BCUT2D eigenvalue weighted by molar-refractivity contribution is 0.405. The summed E-state index contributed by atoms with van der Waals surface area (Å²) in [4.78, 5) is 0. The zero-order chi connectivity index (χ0) is 23.6. The zero-order valence-electron chi connectivity index (χ0n) is 16.9. The van der Waals surface area contributed by atoms with E-state index in [9.17, 15) is 25.5 Å². The maximum atomic E-state index is 10.9. The minimum absolute atomic E-state index is 0.0176. The minimum Gasteiger partial charge on any atom is -0.506 e. The topological polar surface area (TPSA) is 106 Å². The molecule has 0 saturated heterocycles. The number of phenolic OH excluding ortho intramolecular Hbond substituents is 5. The van der Waals surface area contributed by atoms with Crippen molar-refractivity contribution in [3.63, 3.8) is 0 Å². The second-order valence-electron chi connectivity index (χ2n) is 7.58. The standard InChI is InChI=1S/C24H14B2BrNO5/c25-15-17(27)18-13(20(29)23(15)32)14-19(22(31)16(26)24(33)21(14)30)28(18)12-8-4-7-11(9-12)10-5-2-1-3-6-10/h1-9,29-33H. The van der Waals surface area contributed by atoms with Gasteiger partial charge in [-0.15, -0.1) is 0 Å². The van der Waals surface area contributed by atoms with Crippen LogP contribution in [0.25, 0.3) is 38.6 Å². The van der Waals surface area contributed by atoms with Crippen LogP contribution in [0.5, 0.6) is 28.7 Å². The Hall–Kier alpha value is -3.71. The van der Waals surface area contributed by atoms with Gasteiger partial charge in [0.15, 0.2) is 23.0 Å². The second kappa shape index (κ2) is 7.42. The third kappa shape index (κ3) is 2.89. The number of hydrogen-bond acceptors (Lipinski definition) is 5. The van der Waals surface area contributed by atoms with Gasteiger partial charge in [0.05, 0.1) is 21.8 Å². The van der Waals surface area contributed by atoms with Crippen molar-refractivity contribution in [3.8, 4) is 45.6 Å². The van der Waals surface area contributed by atoms with Crippen molar-refractivity contribution in [2.45, 2.75) is 0 Å². The molecule has 0 saturated carbocycles. The summed E-state index contributed by atoms with van der Waals surface area (Å²) < 4.78 is 1.76. The van der Waals surface area contributed by atoms with E-state index < -0.39 is 34.2 Å². The fourth-order valence-corrected chi connectivity index (χ4v) is 4.71. The van der Waals surface area contributed by atoms with Gasteiger partial charge in [-0.2, -0.15) is 0 Å². The normalized spacial score (nSPS) is 11.4.